The van der Waals surface area contributed by atoms with Crippen molar-refractivity contribution in [2.75, 3.05) is 31.3 Å². The summed E-state index contributed by atoms with van der Waals surface area (Å²) in [4.78, 5) is 11.3. The van der Waals surface area contributed by atoms with E-state index in [2.05, 4.69) is 13.8 Å². The van der Waals surface area contributed by atoms with Gasteiger partial charge in [0.2, 0.25) is 0 Å². The van der Waals surface area contributed by atoms with E-state index in [9.17, 15) is 4.79 Å². The van der Waals surface area contributed by atoms with Crippen LogP contribution in [0.5, 0.6) is 0 Å². The van der Waals surface area contributed by atoms with Gasteiger partial charge < -0.3 is 9.47 Å². The number of carbonyl (C=O) groups is 1. The summed E-state index contributed by atoms with van der Waals surface area (Å²) >= 11 is 1.77. The van der Waals surface area contributed by atoms with Crippen LogP contribution in [-0.4, -0.2) is 37.3 Å². The summed E-state index contributed by atoms with van der Waals surface area (Å²) in [5.74, 6) is 1.85. The lowest BCUT2D eigenvalue weighted by molar-refractivity contribution is -0.170. The molecule has 0 unspecified atom stereocenters. The molecule has 0 aromatic heterocycles. The number of ether oxygens (including phenoxy) is 2. The van der Waals surface area contributed by atoms with Gasteiger partial charge >= 0.3 is 5.97 Å². The van der Waals surface area contributed by atoms with Crippen LogP contribution in [0.4, 0.5) is 0 Å². The zero-order valence-electron chi connectivity index (χ0n) is 9.58. The molecule has 0 aromatic carbocycles. The van der Waals surface area contributed by atoms with Gasteiger partial charge in [0.05, 0.1) is 25.0 Å². The lowest BCUT2D eigenvalue weighted by Gasteiger charge is -2.39. The molecule has 15 heavy (non-hydrogen) atoms. The molecule has 4 heteroatoms. The van der Waals surface area contributed by atoms with Crippen LogP contribution in [-0.2, 0) is 14.3 Å². The van der Waals surface area contributed by atoms with E-state index >= 15 is 0 Å². The molecule has 0 radical (unpaired) electrons. The maximum Gasteiger partial charge on any atom is 0.306 e. The minimum Gasteiger partial charge on any atom is -0.465 e. The highest BCUT2D eigenvalue weighted by Gasteiger charge is 2.38. The fourth-order valence-electron chi connectivity index (χ4n) is 1.39. The topological polar surface area (TPSA) is 35.5 Å². The summed E-state index contributed by atoms with van der Waals surface area (Å²) in [7, 11) is 0. The molecule has 1 aliphatic rings. The average molecular weight is 232 g/mol. The molecule has 0 N–H and O–H groups in total. The van der Waals surface area contributed by atoms with Crippen molar-refractivity contribution in [3.8, 4) is 0 Å². The Balaban J connectivity index is 2.10. The second-order valence-electron chi connectivity index (χ2n) is 3.95. The van der Waals surface area contributed by atoms with Crippen molar-refractivity contribution in [3.63, 3.8) is 0 Å². The van der Waals surface area contributed by atoms with Crippen LogP contribution < -0.4 is 0 Å². The predicted octanol–water partition coefficient (Wildman–Crippen LogP) is 2.10. The molecule has 0 bridgehead atoms. The van der Waals surface area contributed by atoms with Crippen molar-refractivity contribution in [1.82, 2.24) is 0 Å². The van der Waals surface area contributed by atoms with E-state index in [0.29, 0.717) is 13.0 Å². The van der Waals surface area contributed by atoms with Crippen LogP contribution >= 0.6 is 11.8 Å². The molecule has 0 amide bonds. The summed E-state index contributed by atoms with van der Waals surface area (Å²) in [5, 5.41) is 0. The van der Waals surface area contributed by atoms with Crippen molar-refractivity contribution in [2.45, 2.75) is 26.7 Å². The minimum atomic E-state index is -0.0734. The molecular weight excluding hydrogens is 212 g/mol. The molecule has 0 spiro atoms. The Labute approximate surface area is 95.9 Å². The SMILES string of the molecule is CCSCCC(=O)OCC1(CC)COC1. The predicted molar refractivity (Wildman–Crippen MR) is 62.1 cm³/mol. The van der Waals surface area contributed by atoms with Gasteiger partial charge in [0.15, 0.2) is 0 Å². The highest BCUT2D eigenvalue weighted by atomic mass is 32.2. The Morgan fingerprint density at radius 3 is 2.67 bits per heavy atom. The summed E-state index contributed by atoms with van der Waals surface area (Å²) in [6.07, 6.45) is 1.54. The van der Waals surface area contributed by atoms with E-state index in [1.165, 1.54) is 0 Å². The molecular formula is C11H20O3S. The van der Waals surface area contributed by atoms with Gasteiger partial charge in [0, 0.05) is 5.75 Å². The largest absolute Gasteiger partial charge is 0.465 e. The lowest BCUT2D eigenvalue weighted by atomic mass is 9.84. The first-order valence-electron chi connectivity index (χ1n) is 5.53. The first kappa shape index (κ1) is 12.8. The molecule has 88 valence electrons. The van der Waals surface area contributed by atoms with Gasteiger partial charge in [-0.15, -0.1) is 0 Å². The summed E-state index contributed by atoms with van der Waals surface area (Å²) in [6.45, 7) is 6.21. The van der Waals surface area contributed by atoms with Crippen molar-refractivity contribution in [1.29, 1.82) is 0 Å². The average Bonchev–Trinajstić information content (AvgIpc) is 2.17. The third-order valence-electron chi connectivity index (χ3n) is 2.76. The van der Waals surface area contributed by atoms with Crippen LogP contribution in [0.3, 0.4) is 0 Å². The summed E-state index contributed by atoms with van der Waals surface area (Å²) < 4.78 is 10.4. The number of hydrogen-bond acceptors (Lipinski definition) is 4. The van der Waals surface area contributed by atoms with Gasteiger partial charge in [-0.2, -0.15) is 11.8 Å². The smallest absolute Gasteiger partial charge is 0.306 e. The van der Waals surface area contributed by atoms with E-state index in [1.54, 1.807) is 11.8 Å². The van der Waals surface area contributed by atoms with Crippen molar-refractivity contribution >= 4 is 17.7 Å². The molecule has 3 nitrogen and oxygen atoms in total. The third kappa shape index (κ3) is 4.03. The second kappa shape index (κ2) is 6.38. The Hall–Kier alpha value is -0.220. The highest BCUT2D eigenvalue weighted by Crippen LogP contribution is 2.31. The first-order valence-corrected chi connectivity index (χ1v) is 6.69. The van der Waals surface area contributed by atoms with E-state index < -0.39 is 0 Å². The quantitative estimate of drug-likeness (QED) is 0.497. The molecule has 0 saturated carbocycles. The van der Waals surface area contributed by atoms with E-state index in [-0.39, 0.29) is 11.4 Å². The summed E-state index contributed by atoms with van der Waals surface area (Å²) in [5.41, 5.74) is 0.119. The van der Waals surface area contributed by atoms with Gasteiger partial charge in [-0.25, -0.2) is 0 Å². The molecule has 1 saturated heterocycles. The number of thioether (sulfide) groups is 1. The molecule has 1 fully saturated rings. The number of esters is 1. The molecule has 1 rings (SSSR count). The number of carbonyl (C=O) groups excluding carboxylic acids is 1. The molecule has 1 aliphatic heterocycles. The van der Waals surface area contributed by atoms with Crippen LogP contribution in [0.25, 0.3) is 0 Å². The molecule has 0 aliphatic carbocycles. The highest BCUT2D eigenvalue weighted by molar-refractivity contribution is 7.99. The standard InChI is InChI=1S/C11H20O3S/c1-3-11(7-13-8-11)9-14-10(12)5-6-15-4-2/h3-9H2,1-2H3. The van der Waals surface area contributed by atoms with Crippen LogP contribution in [0.15, 0.2) is 0 Å². The molecule has 0 atom stereocenters. The molecule has 1 heterocycles. The fraction of sp³-hybridized carbons (Fsp3) is 0.909. The minimum absolute atomic E-state index is 0.0734. The van der Waals surface area contributed by atoms with Gasteiger partial charge in [0.25, 0.3) is 0 Å². The fourth-order valence-corrected chi connectivity index (χ4v) is 1.99. The molecule has 0 aromatic rings. The van der Waals surface area contributed by atoms with Crippen molar-refractivity contribution in [3.05, 3.63) is 0 Å². The number of hydrogen-bond donors (Lipinski definition) is 0. The van der Waals surface area contributed by atoms with Crippen LogP contribution in [0.1, 0.15) is 26.7 Å². The zero-order valence-corrected chi connectivity index (χ0v) is 10.4. The first-order chi connectivity index (χ1) is 7.22. The van der Waals surface area contributed by atoms with E-state index in [4.69, 9.17) is 9.47 Å². The van der Waals surface area contributed by atoms with Crippen LogP contribution in [0.2, 0.25) is 0 Å². The maximum absolute atomic E-state index is 11.3. The van der Waals surface area contributed by atoms with Crippen molar-refractivity contribution < 1.29 is 14.3 Å². The van der Waals surface area contributed by atoms with Gasteiger partial charge in [-0.05, 0) is 12.2 Å². The number of rotatable bonds is 7. The Bertz CT molecular complexity index is 196. The van der Waals surface area contributed by atoms with E-state index in [1.807, 2.05) is 0 Å². The second-order valence-corrected chi connectivity index (χ2v) is 5.35. The van der Waals surface area contributed by atoms with Gasteiger partial charge in [0.1, 0.15) is 6.61 Å². The zero-order chi connectivity index (χ0) is 11.1. The van der Waals surface area contributed by atoms with E-state index in [0.717, 1.165) is 31.1 Å². The Morgan fingerprint density at radius 1 is 1.47 bits per heavy atom. The Kier molecular flexibility index (Phi) is 5.47. The van der Waals surface area contributed by atoms with Gasteiger partial charge in [-0.1, -0.05) is 13.8 Å². The van der Waals surface area contributed by atoms with Crippen LogP contribution in [0, 0.1) is 5.41 Å². The lowest BCUT2D eigenvalue weighted by Crippen LogP contribution is -2.46. The Morgan fingerprint density at radius 2 is 2.20 bits per heavy atom. The monoisotopic (exact) mass is 232 g/mol. The summed E-state index contributed by atoms with van der Waals surface area (Å²) in [6, 6.07) is 0. The normalized spacial score (nSPS) is 18.3. The third-order valence-corrected chi connectivity index (χ3v) is 3.66. The van der Waals surface area contributed by atoms with Gasteiger partial charge in [-0.3, -0.25) is 4.79 Å². The van der Waals surface area contributed by atoms with Crippen molar-refractivity contribution in [2.24, 2.45) is 5.41 Å². The maximum atomic E-state index is 11.3.